The van der Waals surface area contributed by atoms with E-state index < -0.39 is 33.0 Å². The smallest absolute Gasteiger partial charge is 0.413 e. The number of anilines is 1. The monoisotopic (exact) mass is 528 g/mol. The number of nitrogens with one attached hydrogen (secondary N) is 2. The Kier molecular flexibility index (Phi) is 6.58. The molecule has 1 unspecified atom stereocenters. The molecule has 0 saturated heterocycles. The molecule has 3 aromatic rings. The number of fused-ring (bicyclic) bond motifs is 1. The highest BCUT2D eigenvalue weighted by Crippen LogP contribution is 2.39. The van der Waals surface area contributed by atoms with Crippen molar-refractivity contribution in [3.05, 3.63) is 51.2 Å². The van der Waals surface area contributed by atoms with Crippen molar-refractivity contribution in [2.75, 3.05) is 5.32 Å². The largest absolute Gasteiger partial charge is 0.444 e. The summed E-state index contributed by atoms with van der Waals surface area (Å²) in [5.74, 6) is 0.181. The van der Waals surface area contributed by atoms with Gasteiger partial charge in [-0.25, -0.2) is 27.9 Å². The second-order valence-electron chi connectivity index (χ2n) is 8.65. The third-order valence-electron chi connectivity index (χ3n) is 4.71. The first-order valence-electron chi connectivity index (χ1n) is 10.1. The van der Waals surface area contributed by atoms with E-state index in [2.05, 4.69) is 20.0 Å². The van der Waals surface area contributed by atoms with Crippen molar-refractivity contribution in [2.45, 2.75) is 50.5 Å². The lowest BCUT2D eigenvalue weighted by atomic mass is 10.1. The molecule has 1 fully saturated rings. The highest BCUT2D eigenvalue weighted by molar-refractivity contribution is 7.90. The summed E-state index contributed by atoms with van der Waals surface area (Å²) in [7, 11) is -3.61. The fraction of sp³-hybridized carbons (Fsp3) is 0.381. The van der Waals surface area contributed by atoms with E-state index >= 15 is 0 Å². The SMILES string of the molecule is CC(C)(C)OC(=O)Nc1ccc(Cl)c(C(NS(=O)(=O)C2CC2)c2cc3ccnc(Cl)c3s2)n1. The van der Waals surface area contributed by atoms with Gasteiger partial charge < -0.3 is 4.74 Å². The van der Waals surface area contributed by atoms with E-state index in [1.165, 1.54) is 17.4 Å². The maximum absolute atomic E-state index is 12.9. The molecular formula is C21H22Cl2N4O4S2. The van der Waals surface area contributed by atoms with Crippen LogP contribution in [0.3, 0.4) is 0 Å². The van der Waals surface area contributed by atoms with Gasteiger partial charge in [-0.05, 0) is 63.3 Å². The number of rotatable bonds is 6. The average molecular weight is 529 g/mol. The molecule has 0 bridgehead atoms. The van der Waals surface area contributed by atoms with Crippen LogP contribution in [-0.2, 0) is 14.8 Å². The number of thiophene rings is 1. The van der Waals surface area contributed by atoms with Gasteiger partial charge in [0.15, 0.2) is 0 Å². The molecule has 1 saturated carbocycles. The molecule has 3 heterocycles. The zero-order valence-corrected chi connectivity index (χ0v) is 21.2. The van der Waals surface area contributed by atoms with Gasteiger partial charge in [0.05, 0.1) is 26.7 Å². The van der Waals surface area contributed by atoms with E-state index in [1.807, 2.05) is 6.07 Å². The fourth-order valence-electron chi connectivity index (χ4n) is 3.12. The van der Waals surface area contributed by atoms with Crippen molar-refractivity contribution in [3.63, 3.8) is 0 Å². The van der Waals surface area contributed by atoms with Crippen molar-refractivity contribution < 1.29 is 17.9 Å². The van der Waals surface area contributed by atoms with Crippen LogP contribution in [0, 0.1) is 0 Å². The Labute approximate surface area is 205 Å². The molecule has 1 amide bonds. The number of ether oxygens (including phenoxy) is 1. The Morgan fingerprint density at radius 1 is 1.24 bits per heavy atom. The quantitative estimate of drug-likeness (QED) is 0.407. The lowest BCUT2D eigenvalue weighted by Crippen LogP contribution is -2.32. The van der Waals surface area contributed by atoms with Crippen molar-refractivity contribution in [3.8, 4) is 0 Å². The Hall–Kier alpha value is -1.98. The molecule has 4 rings (SSSR count). The molecule has 0 radical (unpaired) electrons. The van der Waals surface area contributed by atoms with Crippen LogP contribution in [0.1, 0.15) is 50.2 Å². The van der Waals surface area contributed by atoms with E-state index in [4.69, 9.17) is 27.9 Å². The lowest BCUT2D eigenvalue weighted by molar-refractivity contribution is 0.0635. The van der Waals surface area contributed by atoms with Crippen molar-refractivity contribution in [1.29, 1.82) is 0 Å². The average Bonchev–Trinajstić information content (AvgIpc) is 3.47. The number of hydrogen-bond acceptors (Lipinski definition) is 7. The molecule has 0 aromatic carbocycles. The van der Waals surface area contributed by atoms with Gasteiger partial charge in [0.2, 0.25) is 10.0 Å². The number of carbonyl (C=O) groups is 1. The normalized spacial score (nSPS) is 15.4. The number of nitrogens with zero attached hydrogens (tertiary/aromatic N) is 2. The van der Waals surface area contributed by atoms with Crippen LogP contribution in [0.4, 0.5) is 10.6 Å². The highest BCUT2D eigenvalue weighted by atomic mass is 35.5. The zero-order chi connectivity index (χ0) is 24.0. The van der Waals surface area contributed by atoms with Gasteiger partial charge >= 0.3 is 6.09 Å². The number of amides is 1. The zero-order valence-electron chi connectivity index (χ0n) is 18.1. The molecule has 1 aliphatic carbocycles. The van der Waals surface area contributed by atoms with E-state index in [9.17, 15) is 13.2 Å². The number of hydrogen-bond donors (Lipinski definition) is 2. The number of pyridine rings is 2. The Morgan fingerprint density at radius 3 is 2.61 bits per heavy atom. The summed E-state index contributed by atoms with van der Waals surface area (Å²) >= 11 is 14.0. The van der Waals surface area contributed by atoms with Gasteiger partial charge in [-0.1, -0.05) is 23.2 Å². The second-order valence-corrected chi connectivity index (χ2v) is 12.5. The van der Waals surface area contributed by atoms with E-state index in [-0.39, 0.29) is 16.5 Å². The topological polar surface area (TPSA) is 110 Å². The van der Waals surface area contributed by atoms with Crippen molar-refractivity contribution >= 4 is 66.6 Å². The molecule has 12 heteroatoms. The number of sulfonamides is 1. The van der Waals surface area contributed by atoms with Crippen LogP contribution in [0.15, 0.2) is 30.5 Å². The minimum absolute atomic E-state index is 0.181. The first kappa shape index (κ1) is 24.2. The van der Waals surface area contributed by atoms with E-state index in [0.29, 0.717) is 22.9 Å². The third kappa shape index (κ3) is 5.75. The van der Waals surface area contributed by atoms with Crippen molar-refractivity contribution in [1.82, 2.24) is 14.7 Å². The molecule has 3 aromatic heterocycles. The van der Waals surface area contributed by atoms with Gasteiger partial charge in [-0.15, -0.1) is 11.3 Å². The van der Waals surface area contributed by atoms with Crippen molar-refractivity contribution in [2.24, 2.45) is 0 Å². The number of aromatic nitrogens is 2. The van der Waals surface area contributed by atoms with Crippen LogP contribution in [0.5, 0.6) is 0 Å². The fourth-order valence-corrected chi connectivity index (χ4v) is 6.30. The maximum Gasteiger partial charge on any atom is 0.413 e. The molecule has 176 valence electrons. The minimum atomic E-state index is -3.61. The molecule has 1 atom stereocenters. The maximum atomic E-state index is 12.9. The first-order valence-corrected chi connectivity index (χ1v) is 13.3. The first-order chi connectivity index (χ1) is 15.4. The standard InChI is InChI=1S/C21H22Cl2N4O4S2/c1-21(2,3)31-20(28)26-15-7-6-13(22)16(25-15)17(27-33(29,30)12-4-5-12)14-10-11-8-9-24-19(23)18(11)32-14/h6-10,12,17,27H,4-5H2,1-3H3,(H,25,26,28). The molecule has 1 aliphatic rings. The molecule has 0 spiro atoms. The number of halogens is 2. The summed E-state index contributed by atoms with van der Waals surface area (Å²) in [6.07, 6.45) is 2.11. The van der Waals surface area contributed by atoms with Gasteiger partial charge in [0.25, 0.3) is 0 Å². The van der Waals surface area contributed by atoms with E-state index in [0.717, 1.165) is 10.1 Å². The van der Waals surface area contributed by atoms with Gasteiger partial charge in [-0.3, -0.25) is 5.32 Å². The van der Waals surface area contributed by atoms with Crippen LogP contribution in [0.2, 0.25) is 10.2 Å². The minimum Gasteiger partial charge on any atom is -0.444 e. The predicted molar refractivity (Wildman–Crippen MR) is 131 cm³/mol. The summed E-state index contributed by atoms with van der Waals surface area (Å²) in [4.78, 5) is 21.4. The molecule has 2 N–H and O–H groups in total. The molecule has 0 aliphatic heterocycles. The van der Waals surface area contributed by atoms with Crippen LogP contribution in [-0.4, -0.2) is 35.3 Å². The van der Waals surface area contributed by atoms with Crippen LogP contribution < -0.4 is 10.0 Å². The lowest BCUT2D eigenvalue weighted by Gasteiger charge is -2.21. The Bertz CT molecular complexity index is 1320. The van der Waals surface area contributed by atoms with Gasteiger partial charge in [0, 0.05) is 11.1 Å². The van der Waals surface area contributed by atoms with Gasteiger partial charge in [0.1, 0.15) is 16.6 Å². The summed E-state index contributed by atoms with van der Waals surface area (Å²) in [6.45, 7) is 5.24. The Morgan fingerprint density at radius 2 is 1.97 bits per heavy atom. The summed E-state index contributed by atoms with van der Waals surface area (Å²) in [5, 5.41) is 3.52. The van der Waals surface area contributed by atoms with E-state index in [1.54, 1.807) is 39.1 Å². The Balaban J connectivity index is 1.75. The molecular weight excluding hydrogens is 507 g/mol. The predicted octanol–water partition coefficient (Wildman–Crippen LogP) is 5.52. The van der Waals surface area contributed by atoms with Gasteiger partial charge in [-0.2, -0.15) is 0 Å². The summed E-state index contributed by atoms with van der Waals surface area (Å²) in [5.41, 5.74) is -0.434. The summed E-state index contributed by atoms with van der Waals surface area (Å²) < 4.78 is 34.5. The third-order valence-corrected chi connectivity index (χ3v) is 8.57. The highest BCUT2D eigenvalue weighted by Gasteiger charge is 2.38. The molecule has 8 nitrogen and oxygen atoms in total. The summed E-state index contributed by atoms with van der Waals surface area (Å²) in [6, 6.07) is 5.82. The van der Waals surface area contributed by atoms with Crippen LogP contribution >= 0.6 is 34.5 Å². The van der Waals surface area contributed by atoms with Crippen LogP contribution in [0.25, 0.3) is 10.1 Å². The molecule has 33 heavy (non-hydrogen) atoms. The number of carbonyl (C=O) groups excluding carboxylic acids is 1. The second kappa shape index (κ2) is 8.99.